The van der Waals surface area contributed by atoms with E-state index in [-0.39, 0.29) is 34.5 Å². The molecule has 0 heterocycles. The molecule has 11 nitrogen and oxygen atoms in total. The Morgan fingerprint density at radius 2 is 1.58 bits per heavy atom. The minimum absolute atomic E-state index is 0.0869. The van der Waals surface area contributed by atoms with Gasteiger partial charge in [-0.15, -0.1) is 0 Å². The zero-order valence-electron chi connectivity index (χ0n) is 23.6. The number of nitrogens with zero attached hydrogens (tertiary/aromatic N) is 1. The average molecular weight is 652 g/mol. The highest BCUT2D eigenvalue weighted by molar-refractivity contribution is 9.10. The summed E-state index contributed by atoms with van der Waals surface area (Å²) in [6.45, 7) is 0. The van der Waals surface area contributed by atoms with Crippen LogP contribution in [-0.4, -0.2) is 50.2 Å². The molecule has 1 fully saturated rings. The summed E-state index contributed by atoms with van der Waals surface area (Å²) < 4.78 is 16.7. The van der Waals surface area contributed by atoms with Crippen molar-refractivity contribution in [1.29, 1.82) is 0 Å². The smallest absolute Gasteiger partial charge is 0.343 e. The minimum atomic E-state index is -1.06. The summed E-state index contributed by atoms with van der Waals surface area (Å²) in [4.78, 5) is 50.8. The molecular formula is C31H31BrN4O7. The zero-order valence-corrected chi connectivity index (χ0v) is 25.2. The van der Waals surface area contributed by atoms with Crippen LogP contribution in [0.1, 0.15) is 58.4 Å². The van der Waals surface area contributed by atoms with Gasteiger partial charge in [0.1, 0.15) is 5.75 Å². The maximum atomic E-state index is 12.9. The largest absolute Gasteiger partial charge is 0.493 e. The van der Waals surface area contributed by atoms with E-state index in [4.69, 9.17) is 14.2 Å². The van der Waals surface area contributed by atoms with Crippen molar-refractivity contribution in [3.63, 3.8) is 0 Å². The van der Waals surface area contributed by atoms with Crippen LogP contribution in [-0.2, 0) is 9.59 Å². The number of benzene rings is 3. The summed E-state index contributed by atoms with van der Waals surface area (Å²) in [7, 11) is 2.94. The molecule has 0 unspecified atom stereocenters. The van der Waals surface area contributed by atoms with Crippen molar-refractivity contribution in [2.45, 2.75) is 38.1 Å². The van der Waals surface area contributed by atoms with E-state index < -0.39 is 17.8 Å². The van der Waals surface area contributed by atoms with E-state index in [1.54, 1.807) is 48.5 Å². The van der Waals surface area contributed by atoms with Crippen LogP contribution in [0.2, 0.25) is 0 Å². The van der Waals surface area contributed by atoms with E-state index in [2.05, 4.69) is 37.1 Å². The Hall–Kier alpha value is -4.71. The number of hydrogen-bond acceptors (Lipinski definition) is 8. The Labute approximate surface area is 257 Å². The van der Waals surface area contributed by atoms with Gasteiger partial charge in [0.25, 0.3) is 5.91 Å². The molecule has 1 aliphatic carbocycles. The van der Waals surface area contributed by atoms with Crippen LogP contribution >= 0.6 is 15.9 Å². The number of carbonyl (C=O) groups is 4. The standard InChI is InChI=1S/C31H31BrN4O7/c1-41-26-14-12-19(17-27(26)42-2)31(40)43-25-15-13-21(32)16-20(25)18-33-36-30(39)29(38)35-24-11-7-6-10-23(24)28(37)34-22-8-4-3-5-9-22/h6-7,10-18,22H,3-5,8-9H2,1-2H3,(H,34,37)(H,35,38)(H,36,39)/b33-18+. The molecule has 4 rings (SSSR count). The highest BCUT2D eigenvalue weighted by Gasteiger charge is 2.21. The van der Waals surface area contributed by atoms with Gasteiger partial charge in [0.15, 0.2) is 11.5 Å². The van der Waals surface area contributed by atoms with Crippen molar-refractivity contribution in [2.24, 2.45) is 5.10 Å². The summed E-state index contributed by atoms with van der Waals surface area (Å²) in [5.74, 6) is -2.06. The highest BCUT2D eigenvalue weighted by Crippen LogP contribution is 2.29. The number of methoxy groups -OCH3 is 2. The van der Waals surface area contributed by atoms with Crippen molar-refractivity contribution in [1.82, 2.24) is 10.7 Å². The molecule has 0 atom stereocenters. The molecule has 3 N–H and O–H groups in total. The van der Waals surface area contributed by atoms with E-state index in [1.165, 1.54) is 32.6 Å². The molecule has 224 valence electrons. The number of esters is 1. The number of amides is 3. The zero-order chi connectivity index (χ0) is 30.8. The topological polar surface area (TPSA) is 144 Å². The number of anilines is 1. The van der Waals surface area contributed by atoms with E-state index in [1.807, 2.05) is 0 Å². The molecule has 0 aliphatic heterocycles. The first-order valence-electron chi connectivity index (χ1n) is 13.6. The minimum Gasteiger partial charge on any atom is -0.493 e. The summed E-state index contributed by atoms with van der Waals surface area (Å²) in [6.07, 6.45) is 6.34. The summed E-state index contributed by atoms with van der Waals surface area (Å²) >= 11 is 3.36. The normalized spacial score (nSPS) is 13.2. The van der Waals surface area contributed by atoms with Gasteiger partial charge in [0, 0.05) is 16.1 Å². The fourth-order valence-electron chi connectivity index (χ4n) is 4.53. The fourth-order valence-corrected chi connectivity index (χ4v) is 4.90. The molecule has 0 bridgehead atoms. The Morgan fingerprint density at radius 1 is 0.860 bits per heavy atom. The van der Waals surface area contributed by atoms with E-state index in [0.29, 0.717) is 21.5 Å². The van der Waals surface area contributed by atoms with Crippen molar-refractivity contribution in [3.05, 3.63) is 81.8 Å². The van der Waals surface area contributed by atoms with Crippen molar-refractivity contribution in [3.8, 4) is 17.2 Å². The Bertz CT molecular complexity index is 1540. The molecule has 0 spiro atoms. The Morgan fingerprint density at radius 3 is 2.33 bits per heavy atom. The van der Waals surface area contributed by atoms with Gasteiger partial charge in [-0.05, 0) is 61.4 Å². The molecule has 43 heavy (non-hydrogen) atoms. The molecule has 1 saturated carbocycles. The number of para-hydroxylation sites is 1. The monoisotopic (exact) mass is 650 g/mol. The fraction of sp³-hybridized carbons (Fsp3) is 0.258. The SMILES string of the molecule is COc1ccc(C(=O)Oc2ccc(Br)cc2/C=N/NC(=O)C(=O)Nc2ccccc2C(=O)NC2CCCCC2)cc1OC. The quantitative estimate of drug-likeness (QED) is 0.0988. The lowest BCUT2D eigenvalue weighted by Crippen LogP contribution is -2.37. The van der Waals surface area contributed by atoms with Crippen molar-refractivity contribution < 1.29 is 33.4 Å². The van der Waals surface area contributed by atoms with Crippen LogP contribution in [0.5, 0.6) is 17.2 Å². The lowest BCUT2D eigenvalue weighted by molar-refractivity contribution is -0.136. The van der Waals surface area contributed by atoms with Crippen LogP contribution < -0.4 is 30.3 Å². The number of ether oxygens (including phenoxy) is 3. The van der Waals surface area contributed by atoms with Crippen LogP contribution in [0, 0.1) is 0 Å². The van der Waals surface area contributed by atoms with Gasteiger partial charge in [0.2, 0.25) is 0 Å². The predicted octanol–water partition coefficient (Wildman–Crippen LogP) is 4.84. The van der Waals surface area contributed by atoms with E-state index in [9.17, 15) is 19.2 Å². The number of halogens is 1. The van der Waals surface area contributed by atoms with Gasteiger partial charge in [-0.2, -0.15) is 5.10 Å². The summed E-state index contributed by atoms with van der Waals surface area (Å²) in [5.41, 5.74) is 3.18. The first kappa shape index (κ1) is 31.2. The number of hydrazone groups is 1. The molecule has 0 aromatic heterocycles. The maximum absolute atomic E-state index is 12.9. The molecule has 3 aromatic carbocycles. The van der Waals surface area contributed by atoms with Gasteiger partial charge >= 0.3 is 17.8 Å². The van der Waals surface area contributed by atoms with Crippen molar-refractivity contribution >= 4 is 51.5 Å². The number of carbonyl (C=O) groups excluding carboxylic acids is 4. The Kier molecular flexibility index (Phi) is 10.9. The summed E-state index contributed by atoms with van der Waals surface area (Å²) in [5, 5.41) is 9.34. The second kappa shape index (κ2) is 15.0. The van der Waals surface area contributed by atoms with Crippen LogP contribution in [0.3, 0.4) is 0 Å². The number of nitrogens with one attached hydrogen (secondary N) is 3. The van der Waals surface area contributed by atoms with Crippen LogP contribution in [0.15, 0.2) is 70.2 Å². The Balaban J connectivity index is 1.39. The molecule has 3 aromatic rings. The average Bonchev–Trinajstić information content (AvgIpc) is 3.02. The van der Waals surface area contributed by atoms with E-state index in [0.717, 1.165) is 32.1 Å². The highest BCUT2D eigenvalue weighted by atomic mass is 79.9. The third kappa shape index (κ3) is 8.41. The van der Waals surface area contributed by atoms with Crippen molar-refractivity contribution in [2.75, 3.05) is 19.5 Å². The van der Waals surface area contributed by atoms with Gasteiger partial charge in [-0.25, -0.2) is 10.2 Å². The van der Waals surface area contributed by atoms with Gasteiger partial charge in [-0.1, -0.05) is 47.3 Å². The predicted molar refractivity (Wildman–Crippen MR) is 164 cm³/mol. The molecule has 1 aliphatic rings. The van der Waals surface area contributed by atoms with Gasteiger partial charge < -0.3 is 24.8 Å². The molecule has 0 radical (unpaired) electrons. The summed E-state index contributed by atoms with van der Waals surface area (Å²) in [6, 6.07) is 16.0. The first-order valence-corrected chi connectivity index (χ1v) is 14.4. The number of rotatable bonds is 9. The third-order valence-electron chi connectivity index (χ3n) is 6.73. The van der Waals surface area contributed by atoms with Crippen LogP contribution in [0.25, 0.3) is 0 Å². The first-order chi connectivity index (χ1) is 20.8. The molecule has 0 saturated heterocycles. The molecular weight excluding hydrogens is 620 g/mol. The van der Waals surface area contributed by atoms with Gasteiger partial charge in [-0.3, -0.25) is 14.4 Å². The second-order valence-corrected chi connectivity index (χ2v) is 10.6. The molecule has 12 heteroatoms. The third-order valence-corrected chi connectivity index (χ3v) is 7.22. The lowest BCUT2D eigenvalue weighted by atomic mass is 9.95. The van der Waals surface area contributed by atoms with Crippen LogP contribution in [0.4, 0.5) is 5.69 Å². The lowest BCUT2D eigenvalue weighted by Gasteiger charge is -2.23. The van der Waals surface area contributed by atoms with E-state index >= 15 is 0 Å². The second-order valence-electron chi connectivity index (χ2n) is 9.65. The molecule has 3 amide bonds. The maximum Gasteiger partial charge on any atom is 0.343 e. The van der Waals surface area contributed by atoms with Gasteiger partial charge in [0.05, 0.1) is 37.2 Å². The number of hydrogen-bond donors (Lipinski definition) is 3.